The Balaban J connectivity index is 0.00000288. The Morgan fingerprint density at radius 2 is 2.29 bits per heavy atom. The fourth-order valence-electron chi connectivity index (χ4n) is 3.47. The minimum absolute atomic E-state index is 0. The largest absolute Gasteiger partial charge is 0.467 e. The zero-order valence-electron chi connectivity index (χ0n) is 15.1. The number of halogens is 1. The van der Waals surface area contributed by atoms with E-state index in [-0.39, 0.29) is 24.0 Å². The van der Waals surface area contributed by atoms with Gasteiger partial charge >= 0.3 is 0 Å². The summed E-state index contributed by atoms with van der Waals surface area (Å²) in [6.45, 7) is 9.92. The minimum atomic E-state index is -0.689. The first-order valence-corrected chi connectivity index (χ1v) is 8.82. The zero-order chi connectivity index (χ0) is 16.7. The molecule has 1 saturated heterocycles. The summed E-state index contributed by atoms with van der Waals surface area (Å²) in [4.78, 5) is 6.98. The average Bonchev–Trinajstić information content (AvgIpc) is 3.05. The molecule has 2 atom stereocenters. The fourth-order valence-corrected chi connectivity index (χ4v) is 3.47. The number of hydrogen-bond acceptors (Lipinski definition) is 3. The van der Waals surface area contributed by atoms with Gasteiger partial charge in [0.15, 0.2) is 5.96 Å². The second-order valence-corrected chi connectivity index (χ2v) is 6.81. The van der Waals surface area contributed by atoms with Crippen molar-refractivity contribution < 1.29 is 9.52 Å². The maximum Gasteiger partial charge on any atom is 0.194 e. The van der Waals surface area contributed by atoms with Crippen molar-refractivity contribution in [2.45, 2.75) is 52.6 Å². The van der Waals surface area contributed by atoms with Gasteiger partial charge < -0.3 is 19.7 Å². The first-order chi connectivity index (χ1) is 11.1. The predicted octanol–water partition coefficient (Wildman–Crippen LogP) is 3.80. The Kier molecular flexibility index (Phi) is 9.12. The quantitative estimate of drug-likeness (QED) is 0.394. The van der Waals surface area contributed by atoms with E-state index in [0.717, 1.165) is 25.6 Å². The molecular formula is C18H32IN3O2. The van der Waals surface area contributed by atoms with Gasteiger partial charge in [-0.25, -0.2) is 4.99 Å². The molecule has 0 radical (unpaired) electrons. The molecule has 2 heterocycles. The predicted molar refractivity (Wildman–Crippen MR) is 109 cm³/mol. The van der Waals surface area contributed by atoms with Crippen LogP contribution in [0.15, 0.2) is 27.8 Å². The van der Waals surface area contributed by atoms with Crippen molar-refractivity contribution in [2.75, 3.05) is 26.2 Å². The van der Waals surface area contributed by atoms with Gasteiger partial charge in [-0.05, 0) is 43.7 Å². The molecule has 6 heteroatoms. The van der Waals surface area contributed by atoms with Gasteiger partial charge in [0, 0.05) is 19.6 Å². The lowest BCUT2D eigenvalue weighted by Gasteiger charge is -2.42. The molecule has 1 aliphatic rings. The number of likely N-dealkylation sites (tertiary alicyclic amines) is 1. The number of hydrogen-bond donors (Lipinski definition) is 2. The molecule has 0 spiro atoms. The zero-order valence-corrected chi connectivity index (χ0v) is 17.5. The van der Waals surface area contributed by atoms with Crippen LogP contribution in [0.5, 0.6) is 0 Å². The second-order valence-electron chi connectivity index (χ2n) is 6.81. The monoisotopic (exact) mass is 449 g/mol. The first-order valence-electron chi connectivity index (χ1n) is 8.82. The van der Waals surface area contributed by atoms with E-state index in [1.807, 2.05) is 0 Å². The number of aliphatic imine (C=N–C) groups is 1. The number of furan rings is 1. The van der Waals surface area contributed by atoms with Crippen LogP contribution in [0, 0.1) is 5.41 Å². The topological polar surface area (TPSA) is 61.0 Å². The van der Waals surface area contributed by atoms with E-state index >= 15 is 0 Å². The van der Waals surface area contributed by atoms with Crippen molar-refractivity contribution in [3.8, 4) is 0 Å². The summed E-state index contributed by atoms with van der Waals surface area (Å²) in [5.41, 5.74) is 0.364. The van der Waals surface area contributed by atoms with Crippen LogP contribution in [0.4, 0.5) is 0 Å². The van der Waals surface area contributed by atoms with Gasteiger partial charge in [-0.1, -0.05) is 20.3 Å². The summed E-state index contributed by atoms with van der Waals surface area (Å²) in [5, 5.41) is 13.5. The Morgan fingerprint density at radius 1 is 1.50 bits per heavy atom. The van der Waals surface area contributed by atoms with Gasteiger partial charge in [0.2, 0.25) is 0 Å². The molecule has 2 rings (SSSR count). The van der Waals surface area contributed by atoms with E-state index in [2.05, 4.69) is 36.0 Å². The molecule has 0 aliphatic carbocycles. The highest BCUT2D eigenvalue weighted by atomic mass is 127. The summed E-state index contributed by atoms with van der Waals surface area (Å²) in [7, 11) is 0. The third-order valence-electron chi connectivity index (χ3n) is 4.55. The Hall–Kier alpha value is -0.760. The van der Waals surface area contributed by atoms with Gasteiger partial charge in [-0.15, -0.1) is 24.0 Å². The SMILES string of the molecule is CCCC1(C)CCCN(C(=NCC(O)c2ccco2)NCC)C1.I. The molecule has 0 saturated carbocycles. The van der Waals surface area contributed by atoms with E-state index < -0.39 is 6.10 Å². The Bertz CT molecular complexity index is 488. The Labute approximate surface area is 162 Å². The fraction of sp³-hybridized carbons (Fsp3) is 0.722. The summed E-state index contributed by atoms with van der Waals surface area (Å²) in [6, 6.07) is 3.57. The van der Waals surface area contributed by atoms with Crippen LogP contribution < -0.4 is 5.32 Å². The van der Waals surface area contributed by atoms with Crippen molar-refractivity contribution in [3.63, 3.8) is 0 Å². The Morgan fingerprint density at radius 3 is 2.92 bits per heavy atom. The maximum atomic E-state index is 10.2. The molecule has 2 N–H and O–H groups in total. The number of rotatable bonds is 6. The van der Waals surface area contributed by atoms with Crippen LogP contribution in [0.3, 0.4) is 0 Å². The van der Waals surface area contributed by atoms with E-state index in [0.29, 0.717) is 17.7 Å². The summed E-state index contributed by atoms with van der Waals surface area (Å²) >= 11 is 0. The summed E-state index contributed by atoms with van der Waals surface area (Å²) < 4.78 is 5.24. The first kappa shape index (κ1) is 21.3. The van der Waals surface area contributed by atoms with Crippen LogP contribution in [0.1, 0.15) is 58.3 Å². The van der Waals surface area contributed by atoms with Crippen LogP contribution in [-0.4, -0.2) is 42.1 Å². The molecule has 2 unspecified atom stereocenters. The maximum absolute atomic E-state index is 10.2. The summed E-state index contributed by atoms with van der Waals surface area (Å²) in [5.74, 6) is 1.47. The molecule has 0 bridgehead atoms. The highest BCUT2D eigenvalue weighted by Gasteiger charge is 2.31. The number of guanidine groups is 1. The molecular weight excluding hydrogens is 417 g/mol. The molecule has 1 aliphatic heterocycles. The smallest absolute Gasteiger partial charge is 0.194 e. The standard InChI is InChI=1S/C18H31N3O2.HI/c1-4-9-18(3)10-7-11-21(14-18)17(19-5-2)20-13-15(22)16-8-6-12-23-16;/h6,8,12,15,22H,4-5,7,9-11,13-14H2,1-3H3,(H,19,20);1H. The molecule has 0 aromatic carbocycles. The molecule has 5 nitrogen and oxygen atoms in total. The van der Waals surface area contributed by atoms with Gasteiger partial charge in [0.1, 0.15) is 11.9 Å². The second kappa shape index (κ2) is 10.3. The van der Waals surface area contributed by atoms with Crippen molar-refractivity contribution in [3.05, 3.63) is 24.2 Å². The number of aliphatic hydroxyl groups excluding tert-OH is 1. The van der Waals surface area contributed by atoms with Gasteiger partial charge in [0.25, 0.3) is 0 Å². The lowest BCUT2D eigenvalue weighted by molar-refractivity contribution is 0.139. The van der Waals surface area contributed by atoms with E-state index in [4.69, 9.17) is 4.42 Å². The van der Waals surface area contributed by atoms with Crippen LogP contribution in [0.25, 0.3) is 0 Å². The van der Waals surface area contributed by atoms with Crippen molar-refractivity contribution in [1.82, 2.24) is 10.2 Å². The van der Waals surface area contributed by atoms with Crippen LogP contribution in [-0.2, 0) is 0 Å². The number of piperidine rings is 1. The molecule has 0 amide bonds. The van der Waals surface area contributed by atoms with Gasteiger partial charge in [-0.2, -0.15) is 0 Å². The van der Waals surface area contributed by atoms with Crippen molar-refractivity contribution in [2.24, 2.45) is 10.4 Å². The molecule has 1 fully saturated rings. The molecule has 1 aromatic rings. The van der Waals surface area contributed by atoms with Crippen molar-refractivity contribution in [1.29, 1.82) is 0 Å². The van der Waals surface area contributed by atoms with Crippen molar-refractivity contribution >= 4 is 29.9 Å². The van der Waals surface area contributed by atoms with Crippen LogP contribution in [0.2, 0.25) is 0 Å². The van der Waals surface area contributed by atoms with Crippen LogP contribution >= 0.6 is 24.0 Å². The average molecular weight is 449 g/mol. The molecule has 24 heavy (non-hydrogen) atoms. The lowest BCUT2D eigenvalue weighted by atomic mass is 9.78. The molecule has 1 aromatic heterocycles. The third kappa shape index (κ3) is 5.95. The number of nitrogens with zero attached hydrogens (tertiary/aromatic N) is 2. The van der Waals surface area contributed by atoms with Gasteiger partial charge in [0.05, 0.1) is 12.8 Å². The molecule has 138 valence electrons. The van der Waals surface area contributed by atoms with Gasteiger partial charge in [-0.3, -0.25) is 0 Å². The highest BCUT2D eigenvalue weighted by Crippen LogP contribution is 2.33. The highest BCUT2D eigenvalue weighted by molar-refractivity contribution is 14.0. The van der Waals surface area contributed by atoms with E-state index in [1.165, 1.54) is 25.7 Å². The minimum Gasteiger partial charge on any atom is -0.467 e. The number of aliphatic hydroxyl groups is 1. The lowest BCUT2D eigenvalue weighted by Crippen LogP contribution is -2.50. The van der Waals surface area contributed by atoms with E-state index in [9.17, 15) is 5.11 Å². The van der Waals surface area contributed by atoms with E-state index in [1.54, 1.807) is 18.4 Å². The normalized spacial score (nSPS) is 22.8. The summed E-state index contributed by atoms with van der Waals surface area (Å²) in [6.07, 6.45) is 5.83. The third-order valence-corrected chi connectivity index (χ3v) is 4.55. The number of nitrogens with one attached hydrogen (secondary N) is 1.